The minimum atomic E-state index is -4.13. The quantitative estimate of drug-likeness (QED) is 0.634. The van der Waals surface area contributed by atoms with Crippen LogP contribution in [0.25, 0.3) is 0 Å². The lowest BCUT2D eigenvalue weighted by Gasteiger charge is -2.18. The summed E-state index contributed by atoms with van der Waals surface area (Å²) in [4.78, 5) is 0. The fourth-order valence-electron chi connectivity index (χ4n) is 1.75. The zero-order chi connectivity index (χ0) is 13.8. The van der Waals surface area contributed by atoms with Crippen LogP contribution in [-0.2, 0) is 0 Å². The highest BCUT2D eigenvalue weighted by atomic mass is 35.5. The van der Waals surface area contributed by atoms with Gasteiger partial charge in [-0.3, -0.25) is 11.3 Å². The van der Waals surface area contributed by atoms with Crippen LogP contribution in [0.4, 0.5) is 13.2 Å². The molecule has 0 aliphatic heterocycles. The molecule has 0 spiro atoms. The Balaban J connectivity index is 2.66. The molecule has 2 nitrogen and oxygen atoms in total. The van der Waals surface area contributed by atoms with E-state index < -0.39 is 12.6 Å². The highest BCUT2D eigenvalue weighted by Gasteiger charge is 2.27. The third-order valence-electron chi connectivity index (χ3n) is 2.69. The molecular weight excluding hydrogens is 265 g/mol. The number of nitrogens with one attached hydrogen (secondary N) is 1. The van der Waals surface area contributed by atoms with Crippen LogP contribution >= 0.6 is 11.6 Å². The first-order chi connectivity index (χ1) is 8.33. The second kappa shape index (κ2) is 6.41. The summed E-state index contributed by atoms with van der Waals surface area (Å²) < 4.78 is 36.2. The molecule has 0 amide bonds. The molecule has 1 atom stereocenters. The van der Waals surface area contributed by atoms with Crippen LogP contribution in [0.1, 0.15) is 36.4 Å². The van der Waals surface area contributed by atoms with E-state index in [0.717, 1.165) is 11.1 Å². The van der Waals surface area contributed by atoms with E-state index in [1.165, 1.54) is 0 Å². The minimum absolute atomic E-state index is 0.0164. The van der Waals surface area contributed by atoms with Crippen molar-refractivity contribution in [2.24, 2.45) is 5.84 Å². The lowest BCUT2D eigenvalue weighted by Crippen LogP contribution is -2.28. The van der Waals surface area contributed by atoms with E-state index in [1.807, 2.05) is 13.0 Å². The second-order valence-electron chi connectivity index (χ2n) is 4.25. The molecule has 0 heterocycles. The van der Waals surface area contributed by atoms with E-state index in [2.05, 4.69) is 5.43 Å². The van der Waals surface area contributed by atoms with Crippen LogP contribution < -0.4 is 11.3 Å². The summed E-state index contributed by atoms with van der Waals surface area (Å²) in [6.07, 6.45) is -4.63. The third-order valence-corrected chi connectivity index (χ3v) is 3.01. The van der Waals surface area contributed by atoms with Gasteiger partial charge in [-0.25, -0.2) is 0 Å². The van der Waals surface area contributed by atoms with E-state index in [4.69, 9.17) is 17.4 Å². The van der Waals surface area contributed by atoms with Crippen LogP contribution in [0.2, 0.25) is 5.02 Å². The van der Waals surface area contributed by atoms with Gasteiger partial charge in [0, 0.05) is 17.5 Å². The molecule has 0 saturated heterocycles. The predicted octanol–water partition coefficient (Wildman–Crippen LogP) is 3.89. The van der Waals surface area contributed by atoms with Crippen LogP contribution in [0, 0.1) is 6.92 Å². The Hall–Kier alpha value is -0.780. The van der Waals surface area contributed by atoms with Gasteiger partial charge >= 0.3 is 6.18 Å². The number of hydrogen-bond donors (Lipinski definition) is 2. The Morgan fingerprint density at radius 3 is 2.56 bits per heavy atom. The van der Waals surface area contributed by atoms with Crippen molar-refractivity contribution in [3.8, 4) is 0 Å². The average molecular weight is 281 g/mol. The van der Waals surface area contributed by atoms with Gasteiger partial charge in [-0.1, -0.05) is 23.7 Å². The van der Waals surface area contributed by atoms with Crippen molar-refractivity contribution in [3.05, 3.63) is 34.3 Å². The normalized spacial score (nSPS) is 13.7. The zero-order valence-corrected chi connectivity index (χ0v) is 10.8. The Morgan fingerprint density at radius 1 is 1.39 bits per heavy atom. The molecule has 102 valence electrons. The minimum Gasteiger partial charge on any atom is -0.271 e. The highest BCUT2D eigenvalue weighted by molar-refractivity contribution is 6.31. The topological polar surface area (TPSA) is 38.0 Å². The largest absolute Gasteiger partial charge is 0.389 e. The summed E-state index contributed by atoms with van der Waals surface area (Å²) in [7, 11) is 0. The van der Waals surface area contributed by atoms with Gasteiger partial charge in [0.25, 0.3) is 0 Å². The van der Waals surface area contributed by atoms with Crippen molar-refractivity contribution in [3.63, 3.8) is 0 Å². The van der Waals surface area contributed by atoms with Crippen molar-refractivity contribution >= 4 is 11.6 Å². The molecule has 1 aromatic carbocycles. The van der Waals surface area contributed by atoms with E-state index in [1.54, 1.807) is 12.1 Å². The lowest BCUT2D eigenvalue weighted by molar-refractivity contribution is -0.135. The van der Waals surface area contributed by atoms with Gasteiger partial charge in [-0.2, -0.15) is 13.2 Å². The molecular formula is C12H16ClF3N2. The van der Waals surface area contributed by atoms with Gasteiger partial charge in [0.05, 0.1) is 0 Å². The van der Waals surface area contributed by atoms with Crippen LogP contribution in [0.3, 0.4) is 0 Å². The molecule has 3 N–H and O–H groups in total. The Bertz CT molecular complexity index is 393. The molecule has 0 aliphatic rings. The number of rotatable bonds is 5. The van der Waals surface area contributed by atoms with E-state index >= 15 is 0 Å². The number of halogens is 4. The van der Waals surface area contributed by atoms with Crippen LogP contribution in [0.15, 0.2) is 18.2 Å². The Morgan fingerprint density at radius 2 is 2.06 bits per heavy atom. The van der Waals surface area contributed by atoms with E-state index in [-0.39, 0.29) is 12.5 Å². The van der Waals surface area contributed by atoms with Crippen molar-refractivity contribution in [1.82, 2.24) is 5.43 Å². The summed E-state index contributed by atoms with van der Waals surface area (Å²) in [5, 5.41) is 0.518. The van der Waals surface area contributed by atoms with Gasteiger partial charge in [-0.05, 0) is 37.0 Å². The number of hydrazine groups is 1. The summed E-state index contributed by atoms with van der Waals surface area (Å²) in [6.45, 7) is 1.89. The maximum atomic E-state index is 12.1. The van der Waals surface area contributed by atoms with Crippen molar-refractivity contribution in [2.75, 3.05) is 0 Å². The fourth-order valence-corrected chi connectivity index (χ4v) is 2.12. The first-order valence-electron chi connectivity index (χ1n) is 5.62. The Labute approximate surface area is 109 Å². The molecule has 0 aliphatic carbocycles. The molecule has 18 heavy (non-hydrogen) atoms. The Kier molecular flexibility index (Phi) is 5.44. The molecule has 0 bridgehead atoms. The first kappa shape index (κ1) is 15.3. The van der Waals surface area contributed by atoms with Crippen molar-refractivity contribution in [2.45, 2.75) is 38.4 Å². The molecule has 1 rings (SSSR count). The van der Waals surface area contributed by atoms with Crippen molar-refractivity contribution in [1.29, 1.82) is 0 Å². The summed E-state index contributed by atoms with van der Waals surface area (Å²) in [6, 6.07) is 5.05. The first-order valence-corrected chi connectivity index (χ1v) is 6.00. The maximum absolute atomic E-state index is 12.1. The molecule has 6 heteroatoms. The summed E-state index contributed by atoms with van der Waals surface area (Å²) in [5.74, 6) is 5.37. The lowest BCUT2D eigenvalue weighted by atomic mass is 10.0. The number of alkyl halides is 3. The van der Waals surface area contributed by atoms with Gasteiger partial charge in [0.15, 0.2) is 0 Å². The van der Waals surface area contributed by atoms with Gasteiger partial charge in [0.1, 0.15) is 0 Å². The number of benzene rings is 1. The molecule has 1 unspecified atom stereocenters. The fraction of sp³-hybridized carbons (Fsp3) is 0.500. The molecule has 0 fully saturated rings. The van der Waals surface area contributed by atoms with Gasteiger partial charge < -0.3 is 0 Å². The summed E-state index contributed by atoms with van der Waals surface area (Å²) in [5.41, 5.74) is 4.24. The second-order valence-corrected chi connectivity index (χ2v) is 4.66. The van der Waals surface area contributed by atoms with Crippen LogP contribution in [-0.4, -0.2) is 6.18 Å². The smallest absolute Gasteiger partial charge is 0.271 e. The number of aryl methyl sites for hydroxylation is 1. The maximum Gasteiger partial charge on any atom is 0.389 e. The summed E-state index contributed by atoms with van der Waals surface area (Å²) >= 11 is 6.05. The molecule has 0 aromatic heterocycles. The highest BCUT2D eigenvalue weighted by Crippen LogP contribution is 2.29. The van der Waals surface area contributed by atoms with Gasteiger partial charge in [0.2, 0.25) is 0 Å². The molecule has 0 radical (unpaired) electrons. The standard InChI is InChI=1S/C12H16ClF3N2/c1-8-4-5-9(10(13)7-8)11(18-17)3-2-6-12(14,15)16/h4-5,7,11,18H,2-3,6,17H2,1H3. The van der Waals surface area contributed by atoms with E-state index in [9.17, 15) is 13.2 Å². The monoisotopic (exact) mass is 280 g/mol. The molecule has 1 aromatic rings. The van der Waals surface area contributed by atoms with Crippen molar-refractivity contribution < 1.29 is 13.2 Å². The average Bonchev–Trinajstić information content (AvgIpc) is 2.24. The van der Waals surface area contributed by atoms with Crippen LogP contribution in [0.5, 0.6) is 0 Å². The zero-order valence-electron chi connectivity index (χ0n) is 10.0. The number of nitrogens with two attached hydrogens (primary N) is 1. The van der Waals surface area contributed by atoms with E-state index in [0.29, 0.717) is 11.4 Å². The molecule has 0 saturated carbocycles. The predicted molar refractivity (Wildman–Crippen MR) is 66.2 cm³/mol. The number of hydrogen-bond acceptors (Lipinski definition) is 2. The SMILES string of the molecule is Cc1ccc(C(CCCC(F)(F)F)NN)c(Cl)c1. The third kappa shape index (κ3) is 4.84. The van der Waals surface area contributed by atoms with Gasteiger partial charge in [-0.15, -0.1) is 0 Å².